The van der Waals surface area contributed by atoms with Gasteiger partial charge in [-0.15, -0.1) is 6.04 Å². The van der Waals surface area contributed by atoms with Gasteiger partial charge in [0, 0.05) is 57.2 Å². The molecule has 0 bridgehead atoms. The van der Waals surface area contributed by atoms with Gasteiger partial charge in [-0.1, -0.05) is 32.6 Å². The zero-order valence-corrected chi connectivity index (χ0v) is 17.9. The van der Waals surface area contributed by atoms with Crippen molar-refractivity contribution < 1.29 is 54.0 Å². The molecule has 0 amide bonds. The number of guanidine groups is 1. The minimum Gasteiger partial charge on any atom is -0.674 e. The molecule has 0 aromatic carbocycles. The molecule has 0 spiro atoms. The van der Waals surface area contributed by atoms with Crippen molar-refractivity contribution in [3.63, 3.8) is 0 Å². The summed E-state index contributed by atoms with van der Waals surface area (Å²) < 4.78 is 0. The molecule has 0 aromatic heterocycles. The molecule has 1 rings (SSSR count). The third-order valence-electron chi connectivity index (χ3n) is 4.55. The smallest absolute Gasteiger partial charge is 0.306 e. The summed E-state index contributed by atoms with van der Waals surface area (Å²) in [5.41, 5.74) is 14.2. The zero-order chi connectivity index (χ0) is 15.3. The molecular formula is C14H27AcN4O2-. The minimum atomic E-state index is -0.775. The van der Waals surface area contributed by atoms with E-state index in [9.17, 15) is 9.90 Å². The van der Waals surface area contributed by atoms with E-state index in [1.54, 1.807) is 7.05 Å². The van der Waals surface area contributed by atoms with Gasteiger partial charge in [-0.2, -0.15) is 0 Å². The minimum absolute atomic E-state index is 0. The molecule has 119 valence electrons. The molecule has 0 aliphatic heterocycles. The van der Waals surface area contributed by atoms with E-state index in [4.69, 9.17) is 11.5 Å². The van der Waals surface area contributed by atoms with E-state index in [0.29, 0.717) is 24.7 Å². The third-order valence-corrected chi connectivity index (χ3v) is 4.55. The Morgan fingerprint density at radius 1 is 1.43 bits per heavy atom. The van der Waals surface area contributed by atoms with Crippen LogP contribution in [0.4, 0.5) is 0 Å². The number of nitrogens with zero attached hydrogens (tertiary/aromatic N) is 1. The number of carboxylic acid groups (broad SMARTS) is 1. The van der Waals surface area contributed by atoms with Gasteiger partial charge in [0.15, 0.2) is 5.96 Å². The fourth-order valence-corrected chi connectivity index (χ4v) is 3.24. The van der Waals surface area contributed by atoms with Gasteiger partial charge in [0.2, 0.25) is 0 Å². The van der Waals surface area contributed by atoms with Crippen LogP contribution in [0.25, 0.3) is 5.73 Å². The molecule has 6 nitrogen and oxygen atoms in total. The first-order valence-electron chi connectivity index (χ1n) is 7.37. The van der Waals surface area contributed by atoms with E-state index >= 15 is 0 Å². The Bertz CT molecular complexity index is 361. The van der Waals surface area contributed by atoms with E-state index in [1.165, 1.54) is 0 Å². The van der Waals surface area contributed by atoms with Gasteiger partial charge >= 0.3 is 5.97 Å². The Morgan fingerprint density at radius 3 is 2.43 bits per heavy atom. The average molecular weight is 510 g/mol. The molecule has 4 atom stereocenters. The molecule has 7 heteroatoms. The fourth-order valence-electron chi connectivity index (χ4n) is 3.24. The number of nitrogens with two attached hydrogens (primary N) is 1. The topological polar surface area (TPSA) is 112 Å². The number of carbonyl (C=O) groups is 1. The van der Waals surface area contributed by atoms with E-state index in [1.807, 2.05) is 0 Å². The molecular weight excluding hydrogens is 483 g/mol. The molecule has 21 heavy (non-hydrogen) atoms. The first kappa shape index (κ1) is 21.1. The Labute approximate surface area is 163 Å². The van der Waals surface area contributed by atoms with Crippen LogP contribution in [0.15, 0.2) is 4.99 Å². The van der Waals surface area contributed by atoms with Crippen LogP contribution in [-0.4, -0.2) is 36.2 Å². The first-order chi connectivity index (χ1) is 9.44. The van der Waals surface area contributed by atoms with Crippen molar-refractivity contribution in [2.45, 2.75) is 51.6 Å². The molecule has 1 fully saturated rings. The molecule has 1 radical (unpaired) electrons. The van der Waals surface area contributed by atoms with Gasteiger partial charge < -0.3 is 21.9 Å². The SMILES string of the molecule is CCC(CC)C([NH-])[C@@H]1C[C@@H](C(=O)O)C[C@H]1NC(N)=NC.[Ac]. The van der Waals surface area contributed by atoms with Crippen molar-refractivity contribution in [1.29, 1.82) is 0 Å². The summed E-state index contributed by atoms with van der Waals surface area (Å²) in [4.78, 5) is 15.1. The second-order valence-electron chi connectivity index (χ2n) is 5.63. The molecule has 1 saturated carbocycles. The number of nitrogens with one attached hydrogen (secondary N) is 2. The molecule has 1 aliphatic rings. The van der Waals surface area contributed by atoms with Crippen LogP contribution in [0, 0.1) is 61.8 Å². The summed E-state index contributed by atoms with van der Waals surface area (Å²) in [7, 11) is 1.60. The predicted octanol–water partition coefficient (Wildman–Crippen LogP) is 1.86. The normalized spacial score (nSPS) is 27.3. The van der Waals surface area contributed by atoms with Gasteiger partial charge in [-0.3, -0.25) is 9.79 Å². The second-order valence-corrected chi connectivity index (χ2v) is 5.63. The van der Waals surface area contributed by atoms with Crippen molar-refractivity contribution in [2.75, 3.05) is 7.05 Å². The van der Waals surface area contributed by atoms with Crippen LogP contribution in [0.2, 0.25) is 0 Å². The Balaban J connectivity index is 0.00000400. The third kappa shape index (κ3) is 5.69. The maximum atomic E-state index is 11.2. The summed E-state index contributed by atoms with van der Waals surface area (Å²) >= 11 is 0. The van der Waals surface area contributed by atoms with Crippen LogP contribution in [0.3, 0.4) is 0 Å². The zero-order valence-electron chi connectivity index (χ0n) is 13.2. The van der Waals surface area contributed by atoms with Crippen LogP contribution in [-0.2, 0) is 4.79 Å². The number of hydrogen-bond donors (Lipinski definition) is 3. The van der Waals surface area contributed by atoms with E-state index in [2.05, 4.69) is 24.2 Å². The molecule has 1 unspecified atom stereocenters. The summed E-state index contributed by atoms with van der Waals surface area (Å²) in [5, 5.41) is 12.3. The van der Waals surface area contributed by atoms with E-state index in [0.717, 1.165) is 12.8 Å². The van der Waals surface area contributed by atoms with Gasteiger partial charge in [0.25, 0.3) is 0 Å². The molecule has 1 aliphatic carbocycles. The van der Waals surface area contributed by atoms with Crippen molar-refractivity contribution in [3.05, 3.63) is 5.73 Å². The van der Waals surface area contributed by atoms with Crippen LogP contribution >= 0.6 is 0 Å². The standard InChI is InChI=1S/C14H27N4O2.Ac/c1-4-8(5-2)12(15)10-6-9(13(19)20)7-11(10)18-14(16)17-3;/h8-12,15H,4-7H2,1-3H3,(H,19,20)(H3,16,17,18);/q-1;/t9-,10-,11-,12?;/m1./s1. The van der Waals surface area contributed by atoms with Crippen molar-refractivity contribution in [1.82, 2.24) is 5.32 Å². The van der Waals surface area contributed by atoms with Gasteiger partial charge in [0.05, 0.1) is 5.92 Å². The Hall–Kier alpha value is 0.142. The summed E-state index contributed by atoms with van der Waals surface area (Å²) in [6, 6.07) is -0.320. The summed E-state index contributed by atoms with van der Waals surface area (Å²) in [6.45, 7) is 4.17. The molecule has 0 heterocycles. The largest absolute Gasteiger partial charge is 0.674 e. The van der Waals surface area contributed by atoms with Crippen molar-refractivity contribution >= 4 is 11.9 Å². The monoisotopic (exact) mass is 510 g/mol. The van der Waals surface area contributed by atoms with Crippen LogP contribution in [0.1, 0.15) is 39.5 Å². The fraction of sp³-hybridized carbons (Fsp3) is 0.857. The number of aliphatic carboxylic acids is 1. The molecule has 0 saturated heterocycles. The number of aliphatic imine (C=N–C) groups is 1. The van der Waals surface area contributed by atoms with Crippen molar-refractivity contribution in [2.24, 2.45) is 28.5 Å². The Kier molecular flexibility index (Phi) is 10.1. The van der Waals surface area contributed by atoms with E-state index in [-0.39, 0.29) is 68.0 Å². The predicted molar refractivity (Wildman–Crippen MR) is 80.5 cm³/mol. The molecule has 0 aromatic rings. The first-order valence-corrected chi connectivity index (χ1v) is 7.37. The van der Waals surface area contributed by atoms with Gasteiger partial charge in [-0.25, -0.2) is 0 Å². The van der Waals surface area contributed by atoms with Gasteiger partial charge in [0.1, 0.15) is 0 Å². The van der Waals surface area contributed by atoms with Crippen LogP contribution in [0.5, 0.6) is 0 Å². The number of rotatable bonds is 6. The Morgan fingerprint density at radius 2 is 2.00 bits per heavy atom. The van der Waals surface area contributed by atoms with Crippen LogP contribution < -0.4 is 11.1 Å². The number of carboxylic acids is 1. The quantitative estimate of drug-likeness (QED) is 0.374. The summed E-state index contributed by atoms with van der Waals surface area (Å²) in [6.07, 6.45) is 2.96. The summed E-state index contributed by atoms with van der Waals surface area (Å²) in [5.74, 6) is -0.520. The number of hydrogen-bond acceptors (Lipinski definition) is 2. The maximum absolute atomic E-state index is 11.2. The average Bonchev–Trinajstić information content (AvgIpc) is 2.83. The maximum Gasteiger partial charge on any atom is 0.306 e. The van der Waals surface area contributed by atoms with Gasteiger partial charge in [-0.05, 0) is 18.8 Å². The molecule has 5 N–H and O–H groups in total. The van der Waals surface area contributed by atoms with Crippen molar-refractivity contribution in [3.8, 4) is 0 Å². The second kappa shape index (κ2) is 10.0. The van der Waals surface area contributed by atoms with E-state index < -0.39 is 5.97 Å².